The number of anilines is 1. The van der Waals surface area contributed by atoms with Crippen LogP contribution in [0.25, 0.3) is 0 Å². The zero-order valence-electron chi connectivity index (χ0n) is 7.44. The van der Waals surface area contributed by atoms with Crippen molar-refractivity contribution in [2.75, 3.05) is 5.32 Å². The molecule has 3 N–H and O–H groups in total. The number of hydrogen-bond donors (Lipinski definition) is 3. The molecule has 0 spiro atoms. The van der Waals surface area contributed by atoms with Crippen molar-refractivity contribution >= 4 is 17.4 Å². The van der Waals surface area contributed by atoms with Crippen LogP contribution in [0.15, 0.2) is 18.2 Å². The van der Waals surface area contributed by atoms with Crippen molar-refractivity contribution in [3.63, 3.8) is 0 Å². The van der Waals surface area contributed by atoms with Crippen molar-refractivity contribution in [2.24, 2.45) is 0 Å². The van der Waals surface area contributed by atoms with E-state index in [9.17, 15) is 9.59 Å². The molecule has 1 aromatic carbocycles. The van der Waals surface area contributed by atoms with E-state index in [4.69, 9.17) is 10.2 Å². The highest BCUT2D eigenvalue weighted by Gasteiger charge is 2.08. The van der Waals surface area contributed by atoms with E-state index in [1.54, 1.807) is 0 Å². The Hall–Kier alpha value is -2.04. The lowest BCUT2D eigenvalue weighted by molar-refractivity contribution is -0.133. The Morgan fingerprint density at radius 2 is 1.86 bits per heavy atom. The molecule has 5 heteroatoms. The maximum atomic E-state index is 10.9. The highest BCUT2D eigenvalue weighted by Crippen LogP contribution is 2.27. The lowest BCUT2D eigenvalue weighted by Crippen LogP contribution is -2.19. The molecule has 1 rings (SSSR count). The highest BCUT2D eigenvalue weighted by atomic mass is 16.3. The minimum atomic E-state index is -0.768. The first-order valence-corrected chi connectivity index (χ1v) is 3.84. The number of phenolic OH excluding ortho intramolecular Hbond substituents is 2. The van der Waals surface area contributed by atoms with Gasteiger partial charge in [0.25, 0.3) is 5.91 Å². The Balaban J connectivity index is 2.83. The van der Waals surface area contributed by atoms with Gasteiger partial charge in [0.15, 0.2) is 11.5 Å². The lowest BCUT2D eigenvalue weighted by atomic mass is 10.2. The van der Waals surface area contributed by atoms with Crippen LogP contribution in [0.1, 0.15) is 6.92 Å². The van der Waals surface area contributed by atoms with E-state index in [1.807, 2.05) is 0 Å². The van der Waals surface area contributed by atoms with Crippen LogP contribution in [0.4, 0.5) is 5.69 Å². The summed E-state index contributed by atoms with van der Waals surface area (Å²) in [7, 11) is 0. The monoisotopic (exact) mass is 195 g/mol. The largest absolute Gasteiger partial charge is 0.504 e. The third kappa shape index (κ3) is 2.22. The molecule has 0 heterocycles. The Morgan fingerprint density at radius 1 is 1.21 bits per heavy atom. The van der Waals surface area contributed by atoms with Gasteiger partial charge >= 0.3 is 0 Å². The van der Waals surface area contributed by atoms with Crippen LogP contribution >= 0.6 is 0 Å². The molecule has 5 nitrogen and oxygen atoms in total. The number of ketones is 1. The summed E-state index contributed by atoms with van der Waals surface area (Å²) in [5, 5.41) is 20.3. The summed E-state index contributed by atoms with van der Waals surface area (Å²) in [6, 6.07) is 3.73. The smallest absolute Gasteiger partial charge is 0.291 e. The third-order valence-electron chi connectivity index (χ3n) is 1.55. The number of aromatic hydroxyl groups is 2. The molecule has 1 amide bonds. The minimum Gasteiger partial charge on any atom is -0.504 e. The second kappa shape index (κ2) is 3.78. The second-order valence-electron chi connectivity index (χ2n) is 2.71. The summed E-state index contributed by atoms with van der Waals surface area (Å²) in [4.78, 5) is 21.5. The summed E-state index contributed by atoms with van der Waals surface area (Å²) in [6.45, 7) is 1.13. The molecule has 0 aliphatic heterocycles. The fourth-order valence-corrected chi connectivity index (χ4v) is 0.820. The number of Topliss-reactive ketones (excluding diaryl/α,β-unsaturated/α-hetero) is 1. The quantitative estimate of drug-likeness (QED) is 0.367. The second-order valence-corrected chi connectivity index (χ2v) is 2.71. The first kappa shape index (κ1) is 10.0. The fourth-order valence-electron chi connectivity index (χ4n) is 0.820. The van der Waals surface area contributed by atoms with Crippen molar-refractivity contribution in [1.82, 2.24) is 0 Å². The van der Waals surface area contributed by atoms with Gasteiger partial charge in [-0.15, -0.1) is 0 Å². The summed E-state index contributed by atoms with van der Waals surface area (Å²) in [6.07, 6.45) is 0. The normalized spacial score (nSPS) is 9.50. The topological polar surface area (TPSA) is 86.6 Å². The molecule has 0 aliphatic carbocycles. The lowest BCUT2D eigenvalue weighted by Gasteiger charge is -2.03. The maximum absolute atomic E-state index is 10.9. The van der Waals surface area contributed by atoms with Crippen molar-refractivity contribution in [2.45, 2.75) is 6.92 Å². The van der Waals surface area contributed by atoms with Crippen LogP contribution in [0.5, 0.6) is 11.5 Å². The van der Waals surface area contributed by atoms with Crippen molar-refractivity contribution in [1.29, 1.82) is 0 Å². The Kier molecular flexibility index (Phi) is 2.71. The van der Waals surface area contributed by atoms with E-state index in [-0.39, 0.29) is 17.2 Å². The van der Waals surface area contributed by atoms with E-state index in [0.29, 0.717) is 0 Å². The van der Waals surface area contributed by atoms with Gasteiger partial charge in [0.05, 0.1) is 0 Å². The van der Waals surface area contributed by atoms with Crippen molar-refractivity contribution < 1.29 is 19.8 Å². The number of nitrogens with one attached hydrogen (secondary N) is 1. The summed E-state index contributed by atoms with van der Waals surface area (Å²) in [5.74, 6) is -2.04. The zero-order valence-corrected chi connectivity index (χ0v) is 7.44. The molecule has 0 radical (unpaired) electrons. The zero-order chi connectivity index (χ0) is 10.7. The minimum absolute atomic E-state index is 0.250. The average molecular weight is 195 g/mol. The summed E-state index contributed by atoms with van der Waals surface area (Å²) >= 11 is 0. The number of carbonyl (C=O) groups is 2. The molecule has 14 heavy (non-hydrogen) atoms. The van der Waals surface area contributed by atoms with E-state index in [0.717, 1.165) is 13.0 Å². The van der Waals surface area contributed by atoms with E-state index < -0.39 is 11.7 Å². The van der Waals surface area contributed by atoms with Gasteiger partial charge in [-0.2, -0.15) is 0 Å². The molecular formula is C9H9NO4. The van der Waals surface area contributed by atoms with Crippen LogP contribution in [-0.4, -0.2) is 21.9 Å². The van der Waals surface area contributed by atoms with Crippen LogP contribution in [-0.2, 0) is 9.59 Å². The number of amides is 1. The van der Waals surface area contributed by atoms with E-state index in [2.05, 4.69) is 5.32 Å². The number of carbonyl (C=O) groups excluding carboxylic acids is 2. The molecule has 0 saturated carbocycles. The van der Waals surface area contributed by atoms with Gasteiger partial charge in [-0.1, -0.05) is 0 Å². The van der Waals surface area contributed by atoms with Crippen LogP contribution in [0.2, 0.25) is 0 Å². The first-order valence-electron chi connectivity index (χ1n) is 3.84. The molecule has 0 atom stereocenters. The Morgan fingerprint density at radius 3 is 2.36 bits per heavy atom. The summed E-state index contributed by atoms with van der Waals surface area (Å²) < 4.78 is 0. The average Bonchev–Trinajstić information content (AvgIpc) is 2.11. The standard InChI is InChI=1S/C9H9NO4/c1-5(11)9(14)10-6-2-3-7(12)8(13)4-6/h2-4,12-13H,1H3,(H,10,14). The maximum Gasteiger partial charge on any atom is 0.291 e. The van der Waals surface area contributed by atoms with Gasteiger partial charge in [-0.05, 0) is 12.1 Å². The molecule has 0 aliphatic rings. The molecule has 0 unspecified atom stereocenters. The van der Waals surface area contributed by atoms with Gasteiger partial charge in [0, 0.05) is 18.7 Å². The predicted octanol–water partition coefficient (Wildman–Crippen LogP) is 0.625. The van der Waals surface area contributed by atoms with Gasteiger partial charge in [0.2, 0.25) is 5.78 Å². The Bertz CT molecular complexity index is 386. The molecule has 74 valence electrons. The molecular weight excluding hydrogens is 186 g/mol. The van der Waals surface area contributed by atoms with Crippen molar-refractivity contribution in [3.8, 4) is 11.5 Å². The number of benzene rings is 1. The molecule has 0 fully saturated rings. The van der Waals surface area contributed by atoms with Crippen LogP contribution < -0.4 is 5.32 Å². The number of phenols is 2. The van der Waals surface area contributed by atoms with E-state index in [1.165, 1.54) is 12.1 Å². The number of rotatable bonds is 2. The summed E-state index contributed by atoms with van der Waals surface area (Å²) in [5.41, 5.74) is 0.250. The van der Waals surface area contributed by atoms with Gasteiger partial charge in [0.1, 0.15) is 0 Å². The first-order chi connectivity index (χ1) is 6.50. The van der Waals surface area contributed by atoms with Crippen LogP contribution in [0, 0.1) is 0 Å². The molecule has 0 saturated heterocycles. The SMILES string of the molecule is CC(=O)C(=O)Nc1ccc(O)c(O)c1. The molecule has 0 aromatic heterocycles. The third-order valence-corrected chi connectivity index (χ3v) is 1.55. The number of hydrogen-bond acceptors (Lipinski definition) is 4. The fraction of sp³-hybridized carbons (Fsp3) is 0.111. The highest BCUT2D eigenvalue weighted by molar-refractivity contribution is 6.39. The Labute approximate surface area is 80.0 Å². The molecule has 1 aromatic rings. The predicted molar refractivity (Wildman–Crippen MR) is 49.1 cm³/mol. The van der Waals surface area contributed by atoms with Crippen molar-refractivity contribution in [3.05, 3.63) is 18.2 Å². The van der Waals surface area contributed by atoms with Crippen LogP contribution in [0.3, 0.4) is 0 Å². The van der Waals surface area contributed by atoms with E-state index >= 15 is 0 Å². The van der Waals surface area contributed by atoms with Gasteiger partial charge < -0.3 is 15.5 Å². The van der Waals surface area contributed by atoms with Gasteiger partial charge in [-0.25, -0.2) is 0 Å². The van der Waals surface area contributed by atoms with Gasteiger partial charge in [-0.3, -0.25) is 9.59 Å². The molecule has 0 bridgehead atoms.